The van der Waals surface area contributed by atoms with Crippen molar-refractivity contribution >= 4 is 5.84 Å². The lowest BCUT2D eigenvalue weighted by atomic mass is 9.89. The molecule has 1 aliphatic rings. The fourth-order valence-corrected chi connectivity index (χ4v) is 1.82. The summed E-state index contributed by atoms with van der Waals surface area (Å²) in [6.45, 7) is 7.54. The number of rotatable bonds is 1. The summed E-state index contributed by atoms with van der Waals surface area (Å²) in [6.07, 6.45) is 1.96. The molecule has 1 atom stereocenters. The third kappa shape index (κ3) is 2.44. The van der Waals surface area contributed by atoms with Crippen molar-refractivity contribution < 1.29 is 0 Å². The smallest absolute Gasteiger partial charge is 0.101 e. The monoisotopic (exact) mass is 183 g/mol. The standard InChI is InChI=1S/C10H21N3/c1-8(2)13-6-5-10(3,11)7-9(13)12-4/h8H,5-7,11H2,1-4H3. The molecule has 0 aliphatic carbocycles. The zero-order valence-corrected chi connectivity index (χ0v) is 9.17. The van der Waals surface area contributed by atoms with Crippen LogP contribution in [0.2, 0.25) is 0 Å². The zero-order chi connectivity index (χ0) is 10.1. The summed E-state index contributed by atoms with van der Waals surface area (Å²) in [4.78, 5) is 6.65. The van der Waals surface area contributed by atoms with E-state index in [1.165, 1.54) is 0 Å². The number of nitrogens with two attached hydrogens (primary N) is 1. The van der Waals surface area contributed by atoms with Crippen molar-refractivity contribution in [1.29, 1.82) is 0 Å². The molecule has 0 amide bonds. The normalized spacial score (nSPS) is 33.1. The van der Waals surface area contributed by atoms with Crippen LogP contribution < -0.4 is 5.73 Å². The van der Waals surface area contributed by atoms with Crippen LogP contribution in [0, 0.1) is 0 Å². The Hall–Kier alpha value is -0.570. The van der Waals surface area contributed by atoms with Crippen LogP contribution in [0.25, 0.3) is 0 Å². The number of likely N-dealkylation sites (tertiary alicyclic amines) is 1. The van der Waals surface area contributed by atoms with Gasteiger partial charge in [-0.25, -0.2) is 0 Å². The van der Waals surface area contributed by atoms with Gasteiger partial charge in [-0.05, 0) is 27.2 Å². The van der Waals surface area contributed by atoms with Crippen LogP contribution >= 0.6 is 0 Å². The summed E-state index contributed by atoms with van der Waals surface area (Å²) in [7, 11) is 1.85. The number of hydrogen-bond donors (Lipinski definition) is 1. The minimum atomic E-state index is -0.0553. The Kier molecular flexibility index (Phi) is 2.96. The second-order valence-electron chi connectivity index (χ2n) is 4.51. The van der Waals surface area contributed by atoms with Gasteiger partial charge in [0.1, 0.15) is 5.84 Å². The Bertz CT molecular complexity index is 206. The Morgan fingerprint density at radius 2 is 2.15 bits per heavy atom. The first-order valence-corrected chi connectivity index (χ1v) is 4.97. The summed E-state index contributed by atoms with van der Waals surface area (Å²) in [5.74, 6) is 1.16. The van der Waals surface area contributed by atoms with Crippen LogP contribution in [0.3, 0.4) is 0 Å². The van der Waals surface area contributed by atoms with Crippen molar-refractivity contribution in [2.75, 3.05) is 13.6 Å². The van der Waals surface area contributed by atoms with E-state index in [4.69, 9.17) is 5.73 Å². The third-order valence-electron chi connectivity index (χ3n) is 2.70. The Balaban J connectivity index is 2.73. The summed E-state index contributed by atoms with van der Waals surface area (Å²) in [6, 6.07) is 0.537. The lowest BCUT2D eigenvalue weighted by Crippen LogP contribution is -2.53. The van der Waals surface area contributed by atoms with Gasteiger partial charge in [0, 0.05) is 31.6 Å². The molecule has 1 saturated heterocycles. The predicted molar refractivity (Wildman–Crippen MR) is 57.0 cm³/mol. The highest BCUT2D eigenvalue weighted by atomic mass is 15.2. The second kappa shape index (κ2) is 3.66. The van der Waals surface area contributed by atoms with E-state index >= 15 is 0 Å². The maximum Gasteiger partial charge on any atom is 0.101 e. The van der Waals surface area contributed by atoms with Crippen LogP contribution in [0.1, 0.15) is 33.6 Å². The molecule has 0 saturated carbocycles. The van der Waals surface area contributed by atoms with E-state index in [0.717, 1.165) is 25.2 Å². The molecule has 0 spiro atoms. The molecule has 0 aromatic rings. The van der Waals surface area contributed by atoms with Crippen molar-refractivity contribution in [3.63, 3.8) is 0 Å². The van der Waals surface area contributed by atoms with Gasteiger partial charge in [0.15, 0.2) is 0 Å². The molecule has 1 fully saturated rings. The molecule has 0 aromatic heterocycles. The van der Waals surface area contributed by atoms with E-state index < -0.39 is 0 Å². The summed E-state index contributed by atoms with van der Waals surface area (Å²) in [5.41, 5.74) is 6.04. The Labute approximate surface area is 81.0 Å². The maximum atomic E-state index is 6.10. The minimum absolute atomic E-state index is 0.0553. The van der Waals surface area contributed by atoms with E-state index in [1.54, 1.807) is 0 Å². The molecule has 1 heterocycles. The van der Waals surface area contributed by atoms with Crippen molar-refractivity contribution in [2.45, 2.75) is 45.2 Å². The average molecular weight is 183 g/mol. The number of piperidine rings is 1. The molecule has 0 radical (unpaired) electrons. The molecule has 0 aromatic carbocycles. The van der Waals surface area contributed by atoms with Gasteiger partial charge in [-0.3, -0.25) is 4.99 Å². The molecular formula is C10H21N3. The molecule has 1 aliphatic heterocycles. The summed E-state index contributed by atoms with van der Waals surface area (Å²) in [5, 5.41) is 0. The Morgan fingerprint density at radius 1 is 1.54 bits per heavy atom. The van der Waals surface area contributed by atoms with Crippen LogP contribution in [-0.2, 0) is 0 Å². The second-order valence-corrected chi connectivity index (χ2v) is 4.51. The van der Waals surface area contributed by atoms with Crippen molar-refractivity contribution in [1.82, 2.24) is 4.90 Å². The zero-order valence-electron chi connectivity index (χ0n) is 9.17. The molecular weight excluding hydrogens is 162 g/mol. The molecule has 1 unspecified atom stereocenters. The molecule has 76 valence electrons. The summed E-state index contributed by atoms with van der Waals surface area (Å²) >= 11 is 0. The third-order valence-corrected chi connectivity index (χ3v) is 2.70. The van der Waals surface area contributed by atoms with Crippen LogP contribution in [0.15, 0.2) is 4.99 Å². The van der Waals surface area contributed by atoms with Gasteiger partial charge in [0.05, 0.1) is 0 Å². The van der Waals surface area contributed by atoms with Gasteiger partial charge in [-0.15, -0.1) is 0 Å². The van der Waals surface area contributed by atoms with Gasteiger partial charge >= 0.3 is 0 Å². The van der Waals surface area contributed by atoms with Crippen molar-refractivity contribution in [2.24, 2.45) is 10.7 Å². The van der Waals surface area contributed by atoms with Crippen LogP contribution in [-0.4, -0.2) is 35.9 Å². The van der Waals surface area contributed by atoms with Gasteiger partial charge in [-0.1, -0.05) is 0 Å². The maximum absolute atomic E-state index is 6.10. The first-order chi connectivity index (χ1) is 5.96. The predicted octanol–water partition coefficient (Wildman–Crippen LogP) is 1.24. The van der Waals surface area contributed by atoms with Crippen molar-refractivity contribution in [3.05, 3.63) is 0 Å². The van der Waals surface area contributed by atoms with Gasteiger partial charge in [0.2, 0.25) is 0 Å². The topological polar surface area (TPSA) is 41.6 Å². The minimum Gasteiger partial charge on any atom is -0.358 e. The molecule has 13 heavy (non-hydrogen) atoms. The van der Waals surface area contributed by atoms with Crippen molar-refractivity contribution in [3.8, 4) is 0 Å². The first-order valence-electron chi connectivity index (χ1n) is 4.97. The lowest BCUT2D eigenvalue weighted by molar-refractivity contribution is 0.257. The fraction of sp³-hybridized carbons (Fsp3) is 0.900. The van der Waals surface area contributed by atoms with Crippen LogP contribution in [0.4, 0.5) is 0 Å². The Morgan fingerprint density at radius 3 is 2.62 bits per heavy atom. The molecule has 3 nitrogen and oxygen atoms in total. The lowest BCUT2D eigenvalue weighted by Gasteiger charge is -2.41. The van der Waals surface area contributed by atoms with E-state index in [9.17, 15) is 0 Å². The molecule has 3 heteroatoms. The quantitative estimate of drug-likeness (QED) is 0.664. The summed E-state index contributed by atoms with van der Waals surface area (Å²) < 4.78 is 0. The fourth-order valence-electron chi connectivity index (χ4n) is 1.82. The number of aliphatic imine (C=N–C) groups is 1. The number of amidine groups is 1. The van der Waals surface area contributed by atoms with Gasteiger partial charge < -0.3 is 10.6 Å². The average Bonchev–Trinajstić information content (AvgIpc) is 2.01. The van der Waals surface area contributed by atoms with Crippen LogP contribution in [0.5, 0.6) is 0 Å². The largest absolute Gasteiger partial charge is 0.358 e. The van der Waals surface area contributed by atoms with E-state index in [-0.39, 0.29) is 5.54 Å². The molecule has 2 N–H and O–H groups in total. The van der Waals surface area contributed by atoms with E-state index in [0.29, 0.717) is 6.04 Å². The number of nitrogens with zero attached hydrogens (tertiary/aromatic N) is 2. The van der Waals surface area contributed by atoms with E-state index in [2.05, 4.69) is 30.7 Å². The van der Waals surface area contributed by atoms with Gasteiger partial charge in [-0.2, -0.15) is 0 Å². The highest BCUT2D eigenvalue weighted by Gasteiger charge is 2.30. The van der Waals surface area contributed by atoms with E-state index in [1.807, 2.05) is 7.05 Å². The highest BCUT2D eigenvalue weighted by molar-refractivity contribution is 5.84. The van der Waals surface area contributed by atoms with Gasteiger partial charge in [0.25, 0.3) is 0 Å². The molecule has 0 bridgehead atoms. The first kappa shape index (κ1) is 10.5. The molecule has 1 rings (SSSR count). The highest BCUT2D eigenvalue weighted by Crippen LogP contribution is 2.22. The number of hydrogen-bond acceptors (Lipinski definition) is 2. The SMILES string of the molecule is CN=C1CC(C)(N)CCN1C(C)C.